The van der Waals surface area contributed by atoms with E-state index in [-0.39, 0.29) is 0 Å². The van der Waals surface area contributed by atoms with Gasteiger partial charge >= 0.3 is 0 Å². The van der Waals surface area contributed by atoms with E-state index in [9.17, 15) is 0 Å². The molecule has 1 aromatic rings. The molecule has 13 heavy (non-hydrogen) atoms. The Morgan fingerprint density at radius 2 is 2.38 bits per heavy atom. The number of thiazole rings is 1. The van der Waals surface area contributed by atoms with E-state index in [1.165, 1.54) is 23.1 Å². The van der Waals surface area contributed by atoms with E-state index in [0.29, 0.717) is 24.8 Å². The van der Waals surface area contributed by atoms with Crippen LogP contribution in [0.5, 0.6) is 0 Å². The maximum absolute atomic E-state index is 5.72. The zero-order valence-corrected chi connectivity index (χ0v) is 10.5. The molecule has 0 fully saturated rings. The van der Waals surface area contributed by atoms with Crippen molar-refractivity contribution in [2.75, 3.05) is 6.61 Å². The van der Waals surface area contributed by atoms with Gasteiger partial charge in [-0.25, -0.2) is 4.98 Å². The Hall–Kier alpha value is 0.450. The number of hydrogen-bond donors (Lipinski definition) is 0. The summed E-state index contributed by atoms with van der Waals surface area (Å²) in [5, 5.41) is 0.313. The van der Waals surface area contributed by atoms with Gasteiger partial charge in [0.15, 0.2) is 9.49 Å². The van der Waals surface area contributed by atoms with Gasteiger partial charge in [-0.15, -0.1) is 0 Å². The summed E-state index contributed by atoms with van der Waals surface area (Å²) >= 11 is 18.8. The average Bonchev–Trinajstić information content (AvgIpc) is 2.31. The minimum absolute atomic E-state index is 0.313. The van der Waals surface area contributed by atoms with Crippen molar-refractivity contribution in [1.29, 1.82) is 0 Å². The van der Waals surface area contributed by atoms with Crippen LogP contribution in [0.25, 0.3) is 0 Å². The van der Waals surface area contributed by atoms with E-state index >= 15 is 0 Å². The number of thioether (sulfide) groups is 1. The Morgan fingerprint density at radius 1 is 1.69 bits per heavy atom. The van der Waals surface area contributed by atoms with Crippen LogP contribution < -0.4 is 0 Å². The summed E-state index contributed by atoms with van der Waals surface area (Å²) in [4.78, 5) is 3.98. The van der Waals surface area contributed by atoms with Crippen molar-refractivity contribution in [2.24, 2.45) is 0 Å². The molecule has 1 aromatic heterocycles. The van der Waals surface area contributed by atoms with Gasteiger partial charge < -0.3 is 4.74 Å². The topological polar surface area (TPSA) is 22.1 Å². The highest BCUT2D eigenvalue weighted by molar-refractivity contribution is 8.23. The average molecular weight is 274 g/mol. The summed E-state index contributed by atoms with van der Waals surface area (Å²) in [7, 11) is 0. The summed E-state index contributed by atoms with van der Waals surface area (Å²) in [5.74, 6) is 0. The summed E-state index contributed by atoms with van der Waals surface area (Å²) in [6.45, 7) is 2.42. The second-order valence-corrected chi connectivity index (χ2v) is 5.64. The minimum Gasteiger partial charge on any atom is -0.479 e. The monoisotopic (exact) mass is 273 g/mol. The second-order valence-electron chi connectivity index (χ2n) is 1.83. The van der Waals surface area contributed by atoms with Crippen molar-refractivity contribution in [1.82, 2.24) is 4.98 Å². The molecule has 0 atom stereocenters. The van der Waals surface area contributed by atoms with E-state index in [1.807, 2.05) is 6.92 Å². The number of ether oxygens (including phenoxy) is 1. The Kier molecular flexibility index (Phi) is 4.75. The van der Waals surface area contributed by atoms with Crippen LogP contribution in [-0.2, 0) is 4.74 Å². The highest BCUT2D eigenvalue weighted by atomic mass is 35.5. The highest BCUT2D eigenvalue weighted by Crippen LogP contribution is 2.34. The Labute approximate surface area is 99.6 Å². The first-order valence-corrected chi connectivity index (χ1v) is 6.09. The second kappa shape index (κ2) is 5.36. The molecule has 0 aromatic carbocycles. The zero-order valence-electron chi connectivity index (χ0n) is 6.54. The van der Waals surface area contributed by atoms with E-state index < -0.39 is 0 Å². The number of aromatic nitrogens is 1. The van der Waals surface area contributed by atoms with Gasteiger partial charge in [0.05, 0.1) is 6.61 Å². The predicted molar refractivity (Wildman–Crippen MR) is 62.2 cm³/mol. The smallest absolute Gasteiger partial charge is 0.227 e. The molecule has 2 nitrogen and oxygen atoms in total. The van der Waals surface area contributed by atoms with Crippen molar-refractivity contribution in [3.05, 3.63) is 9.49 Å². The fraction of sp³-hybridized carbons (Fsp3) is 0.333. The van der Waals surface area contributed by atoms with Crippen LogP contribution in [0.1, 0.15) is 6.92 Å². The zero-order chi connectivity index (χ0) is 9.84. The molecule has 7 heteroatoms. The molecule has 1 rings (SSSR count). The molecule has 0 aliphatic heterocycles. The molecule has 0 spiro atoms. The van der Waals surface area contributed by atoms with Crippen LogP contribution in [-0.4, -0.2) is 16.0 Å². The third-order valence-electron chi connectivity index (χ3n) is 0.961. The third kappa shape index (κ3) is 3.59. The number of halogens is 2. The minimum atomic E-state index is 0.313. The SMILES string of the molecule is CCOC(=S)Sc1nc(Cl)c(Cl)s1. The standard InChI is InChI=1S/C6H5Cl2NOS3/c1-2-10-6(11)13-5-9-3(7)4(8)12-5/h2H2,1H3. The Balaban J connectivity index is 2.59. The first-order chi connectivity index (χ1) is 6.13. The quantitative estimate of drug-likeness (QED) is 0.603. The van der Waals surface area contributed by atoms with Crippen LogP contribution in [0.4, 0.5) is 0 Å². The Morgan fingerprint density at radius 3 is 2.85 bits per heavy atom. The maximum atomic E-state index is 5.72. The summed E-state index contributed by atoms with van der Waals surface area (Å²) < 4.78 is 6.68. The van der Waals surface area contributed by atoms with Crippen LogP contribution in [0.2, 0.25) is 9.49 Å². The molecule has 0 saturated heterocycles. The fourth-order valence-electron chi connectivity index (χ4n) is 0.528. The molecule has 0 aliphatic rings. The van der Waals surface area contributed by atoms with Gasteiger partial charge in [-0.1, -0.05) is 34.5 Å². The van der Waals surface area contributed by atoms with E-state index in [0.717, 1.165) is 0 Å². The van der Waals surface area contributed by atoms with Crippen LogP contribution in [0.3, 0.4) is 0 Å². The molecule has 0 N–H and O–H groups in total. The largest absolute Gasteiger partial charge is 0.479 e. The van der Waals surface area contributed by atoms with Gasteiger partial charge in [-0.05, 0) is 30.9 Å². The number of rotatable bonds is 2. The summed E-state index contributed by atoms with van der Waals surface area (Å²) in [6.07, 6.45) is 0. The highest BCUT2D eigenvalue weighted by Gasteiger charge is 2.09. The molecular weight excluding hydrogens is 269 g/mol. The summed E-state index contributed by atoms with van der Waals surface area (Å²) in [6, 6.07) is 0. The molecule has 1 heterocycles. The molecular formula is C6H5Cl2NOS3. The molecule has 72 valence electrons. The normalized spacial score (nSPS) is 10.1. The number of nitrogens with zero attached hydrogens (tertiary/aromatic N) is 1. The fourth-order valence-corrected chi connectivity index (χ4v) is 3.26. The molecule has 0 radical (unpaired) electrons. The van der Waals surface area contributed by atoms with Gasteiger partial charge in [0.25, 0.3) is 0 Å². The van der Waals surface area contributed by atoms with Gasteiger partial charge in [-0.3, -0.25) is 0 Å². The van der Waals surface area contributed by atoms with E-state index in [2.05, 4.69) is 4.98 Å². The van der Waals surface area contributed by atoms with Crippen molar-refractivity contribution < 1.29 is 4.74 Å². The van der Waals surface area contributed by atoms with Gasteiger partial charge in [0.1, 0.15) is 4.34 Å². The Bertz CT molecular complexity index is 295. The molecule has 0 amide bonds. The van der Waals surface area contributed by atoms with E-state index in [1.54, 1.807) is 0 Å². The molecule has 0 unspecified atom stereocenters. The van der Waals surface area contributed by atoms with Crippen LogP contribution in [0.15, 0.2) is 4.34 Å². The lowest BCUT2D eigenvalue weighted by Crippen LogP contribution is -1.94. The number of thiocarbonyl (C=S) groups is 1. The van der Waals surface area contributed by atoms with Crippen LogP contribution in [0, 0.1) is 0 Å². The van der Waals surface area contributed by atoms with Crippen molar-refractivity contribution in [3.8, 4) is 0 Å². The van der Waals surface area contributed by atoms with Crippen molar-refractivity contribution >= 4 is 62.9 Å². The van der Waals surface area contributed by atoms with Crippen molar-refractivity contribution in [3.63, 3.8) is 0 Å². The molecule has 0 bridgehead atoms. The lowest BCUT2D eigenvalue weighted by molar-refractivity contribution is 0.346. The van der Waals surface area contributed by atoms with E-state index in [4.69, 9.17) is 40.2 Å². The van der Waals surface area contributed by atoms with Gasteiger partial charge in [-0.2, -0.15) is 0 Å². The summed E-state index contributed by atoms with van der Waals surface area (Å²) in [5.41, 5.74) is 0. The predicted octanol–water partition coefficient (Wildman–Crippen LogP) is 3.86. The molecule has 0 aliphatic carbocycles. The number of hydrogen-bond acceptors (Lipinski definition) is 5. The lowest BCUT2D eigenvalue weighted by atomic mass is 10.9. The first kappa shape index (κ1) is 11.5. The third-order valence-corrected chi connectivity index (χ3v) is 3.91. The lowest BCUT2D eigenvalue weighted by Gasteiger charge is -1.99. The first-order valence-electron chi connectivity index (χ1n) is 3.30. The van der Waals surface area contributed by atoms with Crippen LogP contribution >= 0.6 is 58.5 Å². The van der Waals surface area contributed by atoms with Gasteiger partial charge in [0, 0.05) is 0 Å². The van der Waals surface area contributed by atoms with Gasteiger partial charge in [0.2, 0.25) is 4.38 Å². The maximum Gasteiger partial charge on any atom is 0.227 e. The molecule has 0 saturated carbocycles. The van der Waals surface area contributed by atoms with Crippen molar-refractivity contribution in [2.45, 2.75) is 11.3 Å².